The van der Waals surface area contributed by atoms with Crippen LogP contribution in [0.3, 0.4) is 0 Å². The van der Waals surface area contributed by atoms with Gasteiger partial charge in [0.15, 0.2) is 5.03 Å². The van der Waals surface area contributed by atoms with Crippen molar-refractivity contribution in [2.45, 2.75) is 31.2 Å². The number of benzene rings is 3. The first-order valence-corrected chi connectivity index (χ1v) is 12.5. The highest BCUT2D eigenvalue weighted by Crippen LogP contribution is 2.29. The van der Waals surface area contributed by atoms with Crippen LogP contribution in [0.15, 0.2) is 90.0 Å². The van der Waals surface area contributed by atoms with Crippen molar-refractivity contribution in [2.24, 2.45) is 16.6 Å². The number of amides is 2. The fourth-order valence-electron chi connectivity index (χ4n) is 4.33. The minimum atomic E-state index is -1.03. The van der Waals surface area contributed by atoms with Crippen LogP contribution in [-0.2, 0) is 16.0 Å². The Hall–Kier alpha value is -4.77. The summed E-state index contributed by atoms with van der Waals surface area (Å²) in [6.07, 6.45) is 0.994. The van der Waals surface area contributed by atoms with E-state index in [1.165, 1.54) is 4.90 Å². The van der Waals surface area contributed by atoms with E-state index in [-0.39, 0.29) is 31.2 Å². The van der Waals surface area contributed by atoms with Crippen LogP contribution in [0.2, 0.25) is 0 Å². The van der Waals surface area contributed by atoms with Gasteiger partial charge in [-0.25, -0.2) is 10.1 Å². The zero-order valence-electron chi connectivity index (χ0n) is 21.3. The van der Waals surface area contributed by atoms with Crippen LogP contribution < -0.4 is 16.8 Å². The van der Waals surface area contributed by atoms with Crippen LogP contribution in [0.5, 0.6) is 5.75 Å². The van der Waals surface area contributed by atoms with Gasteiger partial charge in [-0.3, -0.25) is 14.9 Å². The molecule has 11 heteroatoms. The number of aromatic hydroxyl groups is 1. The lowest BCUT2D eigenvalue weighted by Crippen LogP contribution is -2.54. The first-order valence-electron chi connectivity index (χ1n) is 12.5. The van der Waals surface area contributed by atoms with Gasteiger partial charge in [-0.15, -0.1) is 0 Å². The number of guanidine groups is 1. The van der Waals surface area contributed by atoms with Gasteiger partial charge in [0.05, 0.1) is 5.92 Å². The molecule has 3 rings (SSSR count). The third kappa shape index (κ3) is 8.37. The maximum absolute atomic E-state index is 14.4. The summed E-state index contributed by atoms with van der Waals surface area (Å²) >= 11 is 0. The van der Waals surface area contributed by atoms with E-state index >= 15 is 0 Å². The standard InChI is InChI=1S/C28H32N6O5/c29-18-7-12-24(26(36)31-28(30)32-34(38)39)33(19-17-20-13-15-23(35)16-14-20)27(37)25(21-8-3-1-4-9-21)22-10-5-2-6-11-22/h1-6,8-11,13-16,24-25,35H,7,12,17-19,29H2,(H3,30,31,32,36)/t24-/m0/s1. The Labute approximate surface area is 226 Å². The molecule has 0 heterocycles. The van der Waals surface area contributed by atoms with Gasteiger partial charge in [-0.1, -0.05) is 72.8 Å². The molecule has 3 aromatic carbocycles. The van der Waals surface area contributed by atoms with Crippen LogP contribution in [0.25, 0.3) is 0 Å². The number of hydrazone groups is 1. The predicted molar refractivity (Wildman–Crippen MR) is 147 cm³/mol. The number of phenolic OH excluding ortho intramolecular Hbond substituents is 1. The monoisotopic (exact) mass is 532 g/mol. The Morgan fingerprint density at radius 2 is 1.54 bits per heavy atom. The van der Waals surface area contributed by atoms with E-state index in [2.05, 4.69) is 10.4 Å². The molecule has 2 amide bonds. The van der Waals surface area contributed by atoms with Gasteiger partial charge < -0.3 is 21.5 Å². The highest BCUT2D eigenvalue weighted by atomic mass is 16.7. The van der Waals surface area contributed by atoms with Crippen LogP contribution >= 0.6 is 0 Å². The van der Waals surface area contributed by atoms with Gasteiger partial charge in [-0.2, -0.15) is 0 Å². The molecular formula is C28H32N6O5. The number of nitrogens with two attached hydrogens (primary N) is 2. The molecule has 39 heavy (non-hydrogen) atoms. The molecule has 0 aromatic heterocycles. The average molecular weight is 533 g/mol. The molecular weight excluding hydrogens is 500 g/mol. The number of nitrogens with zero attached hydrogens (tertiary/aromatic N) is 3. The van der Waals surface area contributed by atoms with Crippen molar-refractivity contribution in [1.82, 2.24) is 10.2 Å². The van der Waals surface area contributed by atoms with Gasteiger partial charge in [-0.05, 0) is 54.6 Å². The minimum Gasteiger partial charge on any atom is -0.508 e. The average Bonchev–Trinajstić information content (AvgIpc) is 2.92. The second kappa shape index (κ2) is 14.2. The number of phenols is 1. The lowest BCUT2D eigenvalue weighted by atomic mass is 9.89. The van der Waals surface area contributed by atoms with Gasteiger partial charge in [0.25, 0.3) is 5.96 Å². The molecule has 0 aliphatic rings. The van der Waals surface area contributed by atoms with Gasteiger partial charge in [0, 0.05) is 6.54 Å². The lowest BCUT2D eigenvalue weighted by Gasteiger charge is -2.34. The second-order valence-corrected chi connectivity index (χ2v) is 8.86. The third-order valence-corrected chi connectivity index (χ3v) is 6.17. The molecule has 0 aliphatic heterocycles. The van der Waals surface area contributed by atoms with E-state index in [0.717, 1.165) is 16.7 Å². The van der Waals surface area contributed by atoms with Crippen molar-refractivity contribution in [3.63, 3.8) is 0 Å². The fraction of sp³-hybridized carbons (Fsp3) is 0.250. The summed E-state index contributed by atoms with van der Waals surface area (Å²) in [4.78, 5) is 40.0. The van der Waals surface area contributed by atoms with E-state index in [0.29, 0.717) is 12.8 Å². The molecule has 0 bridgehead atoms. The largest absolute Gasteiger partial charge is 0.508 e. The molecule has 3 aromatic rings. The highest BCUT2D eigenvalue weighted by Gasteiger charge is 2.35. The van der Waals surface area contributed by atoms with E-state index in [1.807, 2.05) is 60.7 Å². The summed E-state index contributed by atoms with van der Waals surface area (Å²) in [6.45, 7) is 0.414. The maximum atomic E-state index is 14.4. The summed E-state index contributed by atoms with van der Waals surface area (Å²) < 4.78 is 0. The first-order chi connectivity index (χ1) is 18.8. The molecule has 0 fully saturated rings. The summed E-state index contributed by atoms with van der Waals surface area (Å²) in [5.74, 6) is -2.32. The van der Waals surface area contributed by atoms with Crippen molar-refractivity contribution in [3.8, 4) is 5.75 Å². The molecule has 0 unspecified atom stereocenters. The minimum absolute atomic E-state index is 0.112. The number of nitro groups is 1. The summed E-state index contributed by atoms with van der Waals surface area (Å²) in [7, 11) is 0. The van der Waals surface area contributed by atoms with Crippen molar-refractivity contribution in [1.29, 1.82) is 0 Å². The van der Waals surface area contributed by atoms with E-state index in [4.69, 9.17) is 11.5 Å². The molecule has 11 nitrogen and oxygen atoms in total. The highest BCUT2D eigenvalue weighted by molar-refractivity contribution is 6.00. The third-order valence-electron chi connectivity index (χ3n) is 6.17. The van der Waals surface area contributed by atoms with E-state index in [1.54, 1.807) is 24.3 Å². The van der Waals surface area contributed by atoms with E-state index < -0.39 is 28.9 Å². The topological polar surface area (TPSA) is 177 Å². The van der Waals surface area contributed by atoms with Crippen LogP contribution in [0, 0.1) is 10.1 Å². The second-order valence-electron chi connectivity index (χ2n) is 8.86. The molecule has 0 spiro atoms. The zero-order chi connectivity index (χ0) is 28.2. The smallest absolute Gasteiger partial charge is 0.272 e. The van der Waals surface area contributed by atoms with Gasteiger partial charge in [0.2, 0.25) is 11.8 Å². The number of carbonyl (C=O) groups excluding carboxylic acids is 2. The van der Waals surface area contributed by atoms with Crippen molar-refractivity contribution in [3.05, 3.63) is 112 Å². The number of nitrogens with one attached hydrogen (secondary N) is 1. The number of rotatable bonds is 12. The normalized spacial score (nSPS) is 12.1. The van der Waals surface area contributed by atoms with Gasteiger partial charge in [0.1, 0.15) is 16.9 Å². The Morgan fingerprint density at radius 1 is 0.974 bits per heavy atom. The van der Waals surface area contributed by atoms with Crippen molar-refractivity contribution >= 4 is 17.8 Å². The maximum Gasteiger partial charge on any atom is 0.272 e. The SMILES string of the molecule is NCCC[C@@H](C(=O)NC(N)=N[N+](=O)[O-])N(CCc1ccc(O)cc1)C(=O)C(c1ccccc1)c1ccccc1. The quantitative estimate of drug-likeness (QED) is 0.120. The molecule has 1 atom stereocenters. The summed E-state index contributed by atoms with van der Waals surface area (Å²) in [5.41, 5.74) is 13.6. The van der Waals surface area contributed by atoms with Crippen molar-refractivity contribution in [2.75, 3.05) is 13.1 Å². The number of hydrogen-bond acceptors (Lipinski definition) is 6. The fourth-order valence-corrected chi connectivity index (χ4v) is 4.33. The zero-order valence-corrected chi connectivity index (χ0v) is 21.3. The summed E-state index contributed by atoms with van der Waals surface area (Å²) in [5, 5.41) is 24.6. The molecule has 0 radical (unpaired) electrons. The van der Waals surface area contributed by atoms with Crippen LogP contribution in [-0.4, -0.2) is 51.9 Å². The molecule has 0 saturated carbocycles. The Bertz CT molecular complexity index is 1230. The molecule has 0 aliphatic carbocycles. The summed E-state index contributed by atoms with van der Waals surface area (Å²) in [6, 6.07) is 24.0. The van der Waals surface area contributed by atoms with Crippen LogP contribution in [0.1, 0.15) is 35.4 Å². The van der Waals surface area contributed by atoms with Gasteiger partial charge >= 0.3 is 0 Å². The first kappa shape index (κ1) is 28.8. The number of carbonyl (C=O) groups is 2. The van der Waals surface area contributed by atoms with Crippen LogP contribution in [0.4, 0.5) is 0 Å². The Balaban J connectivity index is 2.05. The predicted octanol–water partition coefficient (Wildman–Crippen LogP) is 2.33. The lowest BCUT2D eigenvalue weighted by molar-refractivity contribution is -0.485. The Morgan fingerprint density at radius 3 is 2.05 bits per heavy atom. The molecule has 0 saturated heterocycles. The molecule has 204 valence electrons. The van der Waals surface area contributed by atoms with E-state index in [9.17, 15) is 24.8 Å². The van der Waals surface area contributed by atoms with Crippen molar-refractivity contribution < 1.29 is 19.7 Å². The number of hydrogen-bond donors (Lipinski definition) is 4. The molecule has 6 N–H and O–H groups in total. The Kier molecular flexibility index (Phi) is 10.5.